The third kappa shape index (κ3) is 4.03. The lowest BCUT2D eigenvalue weighted by Crippen LogP contribution is -2.54. The highest BCUT2D eigenvalue weighted by atomic mass is 16.2. The summed E-state index contributed by atoms with van der Waals surface area (Å²) in [5.41, 5.74) is 4.85. The number of amides is 4. The third-order valence-corrected chi connectivity index (χ3v) is 2.75. The molecule has 1 aliphatic heterocycles. The topological polar surface area (TPSA) is 105 Å². The van der Waals surface area contributed by atoms with Crippen molar-refractivity contribution in [3.63, 3.8) is 0 Å². The minimum atomic E-state index is -0.861. The van der Waals surface area contributed by atoms with E-state index < -0.39 is 18.0 Å². The van der Waals surface area contributed by atoms with E-state index in [2.05, 4.69) is 5.32 Å². The number of urea groups is 1. The van der Waals surface area contributed by atoms with Gasteiger partial charge in [-0.15, -0.1) is 0 Å². The van der Waals surface area contributed by atoms with Gasteiger partial charge in [0.25, 0.3) is 0 Å². The molecule has 0 radical (unpaired) electrons. The van der Waals surface area contributed by atoms with Gasteiger partial charge in [-0.2, -0.15) is 0 Å². The van der Waals surface area contributed by atoms with Crippen LogP contribution in [0.15, 0.2) is 0 Å². The Hall–Kier alpha value is -1.63. The van der Waals surface area contributed by atoms with E-state index in [-0.39, 0.29) is 11.9 Å². The first-order valence-electron chi connectivity index (χ1n) is 5.50. The summed E-state index contributed by atoms with van der Waals surface area (Å²) in [6.45, 7) is 2.21. The summed E-state index contributed by atoms with van der Waals surface area (Å²) in [5, 5.41) is 5.07. The number of nitrogens with zero attached hydrogens (tertiary/aromatic N) is 1. The molecule has 17 heavy (non-hydrogen) atoms. The molecule has 1 aliphatic rings. The first-order valence-corrected chi connectivity index (χ1v) is 5.50. The Morgan fingerprint density at radius 3 is 2.71 bits per heavy atom. The van der Waals surface area contributed by atoms with Gasteiger partial charge >= 0.3 is 6.03 Å². The second kappa shape index (κ2) is 5.62. The van der Waals surface area contributed by atoms with Gasteiger partial charge in [-0.05, 0) is 13.3 Å². The third-order valence-electron chi connectivity index (χ3n) is 2.75. The zero-order valence-electron chi connectivity index (χ0n) is 10.0. The lowest BCUT2D eigenvalue weighted by Gasteiger charge is -2.31. The fourth-order valence-electron chi connectivity index (χ4n) is 1.81. The maximum absolute atomic E-state index is 11.4. The molecule has 4 N–H and O–H groups in total. The van der Waals surface area contributed by atoms with Crippen LogP contribution in [0, 0.1) is 0 Å². The highest BCUT2D eigenvalue weighted by Crippen LogP contribution is 2.10. The summed E-state index contributed by atoms with van der Waals surface area (Å²) in [6, 6.07) is -1.32. The van der Waals surface area contributed by atoms with Crippen LogP contribution < -0.4 is 16.4 Å². The Kier molecular flexibility index (Phi) is 4.45. The van der Waals surface area contributed by atoms with Gasteiger partial charge in [-0.3, -0.25) is 14.9 Å². The average molecular weight is 242 g/mol. The van der Waals surface area contributed by atoms with Crippen molar-refractivity contribution in [3.05, 3.63) is 0 Å². The smallest absolute Gasteiger partial charge is 0.318 e. The number of likely N-dealkylation sites (N-methyl/N-ethyl adjacent to an activating group) is 1. The molecule has 1 rings (SSSR count). The van der Waals surface area contributed by atoms with Gasteiger partial charge in [0.1, 0.15) is 0 Å². The Labute approximate surface area is 99.7 Å². The van der Waals surface area contributed by atoms with Crippen molar-refractivity contribution in [3.8, 4) is 0 Å². The summed E-state index contributed by atoms with van der Waals surface area (Å²) in [7, 11) is 1.73. The zero-order chi connectivity index (χ0) is 13.0. The number of nitrogens with two attached hydrogens (primary N) is 1. The number of likely N-dealkylation sites (tertiary alicyclic amines) is 1. The van der Waals surface area contributed by atoms with Crippen molar-refractivity contribution >= 4 is 17.8 Å². The van der Waals surface area contributed by atoms with Gasteiger partial charge in [0.2, 0.25) is 11.8 Å². The van der Waals surface area contributed by atoms with Crippen molar-refractivity contribution in [2.75, 3.05) is 13.6 Å². The molecule has 0 aliphatic carbocycles. The molecule has 0 bridgehead atoms. The standard InChI is InChI=1S/C10H18N4O3/c1-6(9(16)13-10(11)17)12-7-3-4-8(15)14(2)5-7/h6-7,12H,3-5H2,1-2H3,(H3,11,13,16,17). The van der Waals surface area contributed by atoms with Crippen molar-refractivity contribution in [1.82, 2.24) is 15.5 Å². The van der Waals surface area contributed by atoms with Gasteiger partial charge in [0, 0.05) is 26.1 Å². The van der Waals surface area contributed by atoms with E-state index in [1.165, 1.54) is 0 Å². The van der Waals surface area contributed by atoms with Gasteiger partial charge in [-0.25, -0.2) is 4.79 Å². The van der Waals surface area contributed by atoms with E-state index in [0.29, 0.717) is 19.4 Å². The minimum Gasteiger partial charge on any atom is -0.351 e. The SMILES string of the molecule is CC(NC1CCC(=O)N(C)C1)C(=O)NC(N)=O. The maximum atomic E-state index is 11.4. The van der Waals surface area contributed by atoms with Gasteiger partial charge in [-0.1, -0.05) is 0 Å². The maximum Gasteiger partial charge on any atom is 0.318 e. The van der Waals surface area contributed by atoms with Gasteiger partial charge in [0.15, 0.2) is 0 Å². The van der Waals surface area contributed by atoms with Crippen molar-refractivity contribution in [2.45, 2.75) is 31.8 Å². The van der Waals surface area contributed by atoms with Gasteiger partial charge < -0.3 is 16.0 Å². The van der Waals surface area contributed by atoms with Crippen LogP contribution in [0.25, 0.3) is 0 Å². The van der Waals surface area contributed by atoms with E-state index >= 15 is 0 Å². The minimum absolute atomic E-state index is 0.0614. The van der Waals surface area contributed by atoms with Crippen LogP contribution >= 0.6 is 0 Å². The van der Waals surface area contributed by atoms with E-state index in [1.54, 1.807) is 18.9 Å². The largest absolute Gasteiger partial charge is 0.351 e. The summed E-state index contributed by atoms with van der Waals surface area (Å²) in [5.74, 6) is -0.352. The molecule has 7 heteroatoms. The Balaban J connectivity index is 2.41. The van der Waals surface area contributed by atoms with Crippen molar-refractivity contribution in [1.29, 1.82) is 0 Å². The zero-order valence-corrected chi connectivity index (χ0v) is 10.0. The summed E-state index contributed by atoms with van der Waals surface area (Å²) in [4.78, 5) is 34.8. The van der Waals surface area contributed by atoms with Crippen LogP contribution in [0.2, 0.25) is 0 Å². The van der Waals surface area contributed by atoms with Crippen molar-refractivity contribution in [2.24, 2.45) is 5.73 Å². The number of imide groups is 1. The number of nitrogens with one attached hydrogen (secondary N) is 2. The number of primary amides is 1. The highest BCUT2D eigenvalue weighted by molar-refractivity contribution is 5.96. The molecule has 2 unspecified atom stereocenters. The molecule has 0 aromatic rings. The van der Waals surface area contributed by atoms with E-state index in [9.17, 15) is 14.4 Å². The first-order chi connectivity index (χ1) is 7.90. The Bertz CT molecular complexity index is 332. The normalized spacial score (nSPS) is 22.1. The molecule has 0 saturated carbocycles. The Morgan fingerprint density at radius 2 is 2.18 bits per heavy atom. The number of piperidine rings is 1. The number of carbonyl (C=O) groups is 3. The molecule has 1 saturated heterocycles. The van der Waals surface area contributed by atoms with E-state index in [4.69, 9.17) is 5.73 Å². The second-order valence-electron chi connectivity index (χ2n) is 4.25. The van der Waals surface area contributed by atoms with Crippen LogP contribution in [0.5, 0.6) is 0 Å². The molecular formula is C10H18N4O3. The summed E-state index contributed by atoms with van der Waals surface area (Å²) >= 11 is 0. The molecule has 2 atom stereocenters. The molecule has 0 aromatic heterocycles. The quantitative estimate of drug-likeness (QED) is 0.577. The number of hydrogen-bond acceptors (Lipinski definition) is 4. The molecular weight excluding hydrogens is 224 g/mol. The summed E-state index contributed by atoms with van der Waals surface area (Å²) in [6.07, 6.45) is 1.16. The molecule has 4 amide bonds. The number of hydrogen-bond donors (Lipinski definition) is 3. The molecule has 1 heterocycles. The predicted molar refractivity (Wildman–Crippen MR) is 61.0 cm³/mol. The first kappa shape index (κ1) is 13.4. The number of carbonyl (C=O) groups excluding carboxylic acids is 3. The van der Waals surface area contributed by atoms with Crippen LogP contribution in [-0.2, 0) is 9.59 Å². The van der Waals surface area contributed by atoms with Gasteiger partial charge in [0.05, 0.1) is 6.04 Å². The van der Waals surface area contributed by atoms with Crippen molar-refractivity contribution < 1.29 is 14.4 Å². The molecule has 0 aromatic carbocycles. The average Bonchev–Trinajstić information content (AvgIpc) is 2.22. The lowest BCUT2D eigenvalue weighted by atomic mass is 10.0. The highest BCUT2D eigenvalue weighted by Gasteiger charge is 2.25. The van der Waals surface area contributed by atoms with E-state index in [0.717, 1.165) is 0 Å². The molecule has 7 nitrogen and oxygen atoms in total. The predicted octanol–water partition coefficient (Wildman–Crippen LogP) is -1.22. The number of rotatable bonds is 3. The van der Waals surface area contributed by atoms with Crippen LogP contribution in [0.3, 0.4) is 0 Å². The van der Waals surface area contributed by atoms with E-state index in [1.807, 2.05) is 5.32 Å². The van der Waals surface area contributed by atoms with Crippen LogP contribution in [0.4, 0.5) is 4.79 Å². The fraction of sp³-hybridized carbons (Fsp3) is 0.700. The molecule has 96 valence electrons. The Morgan fingerprint density at radius 1 is 1.53 bits per heavy atom. The second-order valence-corrected chi connectivity index (χ2v) is 4.25. The fourth-order valence-corrected chi connectivity index (χ4v) is 1.81. The molecule has 1 fully saturated rings. The monoisotopic (exact) mass is 242 g/mol. The lowest BCUT2D eigenvalue weighted by molar-refractivity contribution is -0.132. The van der Waals surface area contributed by atoms with Crippen LogP contribution in [-0.4, -0.2) is 48.4 Å². The molecule has 0 spiro atoms. The summed E-state index contributed by atoms with van der Waals surface area (Å²) < 4.78 is 0. The van der Waals surface area contributed by atoms with Crippen LogP contribution in [0.1, 0.15) is 19.8 Å².